The summed E-state index contributed by atoms with van der Waals surface area (Å²) in [6, 6.07) is 5.35. The van der Waals surface area contributed by atoms with Crippen molar-refractivity contribution in [1.82, 2.24) is 14.8 Å². The van der Waals surface area contributed by atoms with Gasteiger partial charge in [0.25, 0.3) is 0 Å². The molecule has 0 atom stereocenters. The summed E-state index contributed by atoms with van der Waals surface area (Å²) in [6.45, 7) is 4.96. The van der Waals surface area contributed by atoms with Crippen molar-refractivity contribution >= 4 is 21.7 Å². The van der Waals surface area contributed by atoms with Crippen LogP contribution in [0.3, 0.4) is 0 Å². The topological polar surface area (TPSA) is 57.0 Å². The fraction of sp³-hybridized carbons (Fsp3) is 0.400. The molecule has 0 N–H and O–H groups in total. The van der Waals surface area contributed by atoms with Crippen molar-refractivity contribution in [3.63, 3.8) is 0 Å². The quantitative estimate of drug-likeness (QED) is 0.750. The first-order valence-electron chi connectivity index (χ1n) is 6.74. The molecule has 0 unspecified atom stereocenters. The Balaban J connectivity index is 2.20. The molecule has 2 rings (SSSR count). The Morgan fingerprint density at radius 2 is 2.19 bits per heavy atom. The van der Waals surface area contributed by atoms with E-state index in [1.807, 2.05) is 12.1 Å². The van der Waals surface area contributed by atoms with E-state index in [-0.39, 0.29) is 12.2 Å². The van der Waals surface area contributed by atoms with Gasteiger partial charge < -0.3 is 4.74 Å². The number of Topliss-reactive ketones (excluding diaryl/α,β-unsaturated/α-hetero) is 1. The number of hydrogen-bond acceptors (Lipinski definition) is 4. The van der Waals surface area contributed by atoms with Gasteiger partial charge in [0.05, 0.1) is 13.5 Å². The van der Waals surface area contributed by atoms with Gasteiger partial charge in [-0.2, -0.15) is 5.10 Å². The maximum atomic E-state index is 12.5. The number of rotatable bonds is 6. The minimum Gasteiger partial charge on any atom is -0.497 e. The lowest BCUT2D eigenvalue weighted by Crippen LogP contribution is -2.14. The standard InChI is InChI=1S/C15H18BrN3O2/c1-10(2)8-19-15(17-9-18-19)7-14(20)12-6-11(21-3)4-5-13(12)16/h4-6,9-10H,7-8H2,1-3H3. The predicted octanol–water partition coefficient (Wildman–Crippen LogP) is 3.13. The van der Waals surface area contributed by atoms with Gasteiger partial charge in [0.2, 0.25) is 0 Å². The van der Waals surface area contributed by atoms with Crippen molar-refractivity contribution in [2.24, 2.45) is 5.92 Å². The number of halogens is 1. The normalized spacial score (nSPS) is 10.9. The van der Waals surface area contributed by atoms with Gasteiger partial charge >= 0.3 is 0 Å². The molecule has 6 heteroatoms. The van der Waals surface area contributed by atoms with Crippen LogP contribution in [0.25, 0.3) is 0 Å². The molecule has 0 fully saturated rings. The molecule has 0 radical (unpaired) electrons. The Kier molecular flexibility index (Phi) is 5.12. The molecular weight excluding hydrogens is 334 g/mol. The monoisotopic (exact) mass is 351 g/mol. The van der Waals surface area contributed by atoms with Gasteiger partial charge in [-0.3, -0.25) is 4.79 Å². The molecule has 1 aromatic heterocycles. The Labute approximate surface area is 132 Å². The number of nitrogens with zero attached hydrogens (tertiary/aromatic N) is 3. The average molecular weight is 352 g/mol. The zero-order valence-corrected chi connectivity index (χ0v) is 13.9. The van der Waals surface area contributed by atoms with Gasteiger partial charge in [-0.1, -0.05) is 29.8 Å². The molecule has 0 amide bonds. The zero-order valence-electron chi connectivity index (χ0n) is 12.3. The van der Waals surface area contributed by atoms with Crippen molar-refractivity contribution in [3.8, 4) is 5.75 Å². The second-order valence-electron chi connectivity index (χ2n) is 5.20. The summed E-state index contributed by atoms with van der Waals surface area (Å²) in [4.78, 5) is 16.7. The highest BCUT2D eigenvalue weighted by Crippen LogP contribution is 2.23. The number of hydrogen-bond donors (Lipinski definition) is 0. The first-order chi connectivity index (χ1) is 10.0. The second kappa shape index (κ2) is 6.85. The van der Waals surface area contributed by atoms with Crippen molar-refractivity contribution in [3.05, 3.63) is 40.4 Å². The number of ether oxygens (including phenoxy) is 1. The Bertz CT molecular complexity index is 638. The van der Waals surface area contributed by atoms with Crippen LogP contribution in [-0.4, -0.2) is 27.7 Å². The minimum atomic E-state index is -0.0150. The summed E-state index contributed by atoms with van der Waals surface area (Å²) in [6.07, 6.45) is 1.71. The van der Waals surface area contributed by atoms with Gasteiger partial charge in [0.15, 0.2) is 5.78 Å². The third-order valence-corrected chi connectivity index (χ3v) is 3.72. The van der Waals surface area contributed by atoms with E-state index < -0.39 is 0 Å². The summed E-state index contributed by atoms with van der Waals surface area (Å²) in [5.41, 5.74) is 0.591. The minimum absolute atomic E-state index is 0.0150. The van der Waals surface area contributed by atoms with Crippen LogP contribution in [-0.2, 0) is 13.0 Å². The Hall–Kier alpha value is -1.69. The molecule has 0 bridgehead atoms. The lowest BCUT2D eigenvalue weighted by molar-refractivity contribution is 0.0988. The number of carbonyl (C=O) groups is 1. The third-order valence-electron chi connectivity index (χ3n) is 3.03. The molecule has 0 aliphatic heterocycles. The van der Waals surface area contributed by atoms with E-state index >= 15 is 0 Å². The molecular formula is C15H18BrN3O2. The number of carbonyl (C=O) groups excluding carboxylic acids is 1. The van der Waals surface area contributed by atoms with E-state index in [0.29, 0.717) is 23.1 Å². The predicted molar refractivity (Wildman–Crippen MR) is 83.6 cm³/mol. The highest BCUT2D eigenvalue weighted by atomic mass is 79.9. The van der Waals surface area contributed by atoms with E-state index in [4.69, 9.17) is 4.74 Å². The molecule has 112 valence electrons. The van der Waals surface area contributed by atoms with Crippen molar-refractivity contribution in [2.75, 3.05) is 7.11 Å². The van der Waals surface area contributed by atoms with E-state index in [9.17, 15) is 4.79 Å². The Morgan fingerprint density at radius 1 is 1.43 bits per heavy atom. The van der Waals surface area contributed by atoms with Crippen LogP contribution < -0.4 is 4.74 Å². The second-order valence-corrected chi connectivity index (χ2v) is 6.05. The summed E-state index contributed by atoms with van der Waals surface area (Å²) >= 11 is 3.40. The highest BCUT2D eigenvalue weighted by molar-refractivity contribution is 9.10. The Morgan fingerprint density at radius 3 is 2.86 bits per heavy atom. The molecule has 1 heterocycles. The zero-order chi connectivity index (χ0) is 15.4. The van der Waals surface area contributed by atoms with Gasteiger partial charge in [0.1, 0.15) is 17.9 Å². The number of methoxy groups -OCH3 is 1. The molecule has 0 saturated carbocycles. The summed E-state index contributed by atoms with van der Waals surface area (Å²) < 4.78 is 7.71. The average Bonchev–Trinajstić information content (AvgIpc) is 2.85. The highest BCUT2D eigenvalue weighted by Gasteiger charge is 2.16. The SMILES string of the molecule is COc1ccc(Br)c(C(=O)Cc2ncnn2CC(C)C)c1. The van der Waals surface area contributed by atoms with Crippen molar-refractivity contribution in [1.29, 1.82) is 0 Å². The van der Waals surface area contributed by atoms with Gasteiger partial charge in [-0.15, -0.1) is 0 Å². The summed E-state index contributed by atoms with van der Waals surface area (Å²) in [7, 11) is 1.58. The molecule has 2 aromatic rings. The van der Waals surface area contributed by atoms with Gasteiger partial charge in [0, 0.05) is 16.6 Å². The maximum Gasteiger partial charge on any atom is 0.171 e. The molecule has 0 aliphatic rings. The number of benzene rings is 1. The first kappa shape index (κ1) is 15.7. The number of aromatic nitrogens is 3. The molecule has 0 spiro atoms. The van der Waals surface area contributed by atoms with Crippen LogP contribution in [0.15, 0.2) is 29.0 Å². The largest absolute Gasteiger partial charge is 0.497 e. The third kappa shape index (κ3) is 3.91. The van der Waals surface area contributed by atoms with Crippen LogP contribution in [0.4, 0.5) is 0 Å². The fourth-order valence-corrected chi connectivity index (χ4v) is 2.47. The lowest BCUT2D eigenvalue weighted by Gasteiger charge is -2.09. The molecule has 21 heavy (non-hydrogen) atoms. The van der Waals surface area contributed by atoms with Crippen LogP contribution in [0.5, 0.6) is 5.75 Å². The maximum absolute atomic E-state index is 12.5. The molecule has 5 nitrogen and oxygen atoms in total. The van der Waals surface area contributed by atoms with E-state index in [0.717, 1.165) is 11.0 Å². The summed E-state index contributed by atoms with van der Waals surface area (Å²) in [5, 5.41) is 4.18. The van der Waals surface area contributed by atoms with Crippen LogP contribution >= 0.6 is 15.9 Å². The van der Waals surface area contributed by atoms with Gasteiger partial charge in [-0.05, 0) is 24.1 Å². The lowest BCUT2D eigenvalue weighted by atomic mass is 10.1. The summed E-state index contributed by atoms with van der Waals surface area (Å²) in [5.74, 6) is 1.77. The van der Waals surface area contributed by atoms with Crippen molar-refractivity contribution in [2.45, 2.75) is 26.8 Å². The van der Waals surface area contributed by atoms with Crippen molar-refractivity contribution < 1.29 is 9.53 Å². The molecule has 0 aliphatic carbocycles. The first-order valence-corrected chi connectivity index (χ1v) is 7.54. The smallest absolute Gasteiger partial charge is 0.171 e. The van der Waals surface area contributed by atoms with Crippen LogP contribution in [0, 0.1) is 5.92 Å². The van der Waals surface area contributed by atoms with Gasteiger partial charge in [-0.25, -0.2) is 9.67 Å². The van der Waals surface area contributed by atoms with Crippen LogP contribution in [0.2, 0.25) is 0 Å². The van der Waals surface area contributed by atoms with E-state index in [1.54, 1.807) is 17.9 Å². The van der Waals surface area contributed by atoms with E-state index in [1.165, 1.54) is 6.33 Å². The van der Waals surface area contributed by atoms with E-state index in [2.05, 4.69) is 39.9 Å². The van der Waals surface area contributed by atoms with Crippen LogP contribution in [0.1, 0.15) is 30.0 Å². The number of ketones is 1. The molecule has 0 saturated heterocycles. The fourth-order valence-electron chi connectivity index (χ4n) is 2.01. The molecule has 1 aromatic carbocycles.